The number of nitrogens with zero attached hydrogens (tertiary/aromatic N) is 4. The summed E-state index contributed by atoms with van der Waals surface area (Å²) >= 11 is 7.46. The molecular weight excluding hydrogens is 451 g/mol. The summed E-state index contributed by atoms with van der Waals surface area (Å²) in [5.41, 5.74) is 5.41. The van der Waals surface area contributed by atoms with Crippen LogP contribution in [0.1, 0.15) is 39.0 Å². The van der Waals surface area contributed by atoms with Crippen LogP contribution >= 0.6 is 35.8 Å². The first-order valence-electron chi connectivity index (χ1n) is 10.2. The molecule has 0 saturated carbocycles. The summed E-state index contributed by atoms with van der Waals surface area (Å²) in [4.78, 5) is 19.2. The van der Waals surface area contributed by atoms with Gasteiger partial charge in [-0.05, 0) is 87.7 Å². The van der Waals surface area contributed by atoms with Crippen LogP contribution in [0.25, 0.3) is 16.8 Å². The number of fused-ring (bicyclic) bond motifs is 3. The molecule has 0 saturated heterocycles. The molecule has 4 rings (SSSR count). The van der Waals surface area contributed by atoms with E-state index in [0.29, 0.717) is 0 Å². The van der Waals surface area contributed by atoms with Crippen LogP contribution in [-0.2, 0) is 12.8 Å². The number of aromatic nitrogens is 3. The van der Waals surface area contributed by atoms with Crippen molar-refractivity contribution in [3.8, 4) is 16.8 Å². The number of rotatable bonds is 4. The Labute approximate surface area is 198 Å². The van der Waals surface area contributed by atoms with Crippen molar-refractivity contribution in [2.75, 3.05) is 0 Å². The van der Waals surface area contributed by atoms with E-state index in [-0.39, 0.29) is 29.7 Å². The molecule has 0 bridgehead atoms. The van der Waals surface area contributed by atoms with Crippen LogP contribution in [-0.4, -0.2) is 37.0 Å². The minimum atomic E-state index is 0. The van der Waals surface area contributed by atoms with Gasteiger partial charge in [-0.1, -0.05) is 17.7 Å². The third kappa shape index (κ3) is 4.61. The normalized spacial score (nSPS) is 12.4. The smallest absolute Gasteiger partial charge is 0.288 e. The standard InChI is InChI=1S/C23H25ClN4OS.ClH/c1-14(2)27(15(3)4)23(29)30-22-21-19-7-6-17(24)13-16(19)5-8-20(21)28(26-22)18-9-11-25-12-10-18;/h6-7,9-15H,5,8H2,1-4H3;1H. The number of carbonyl (C=O) groups is 1. The van der Waals surface area contributed by atoms with Crippen molar-refractivity contribution in [2.45, 2.75) is 57.6 Å². The van der Waals surface area contributed by atoms with Crippen molar-refractivity contribution in [1.82, 2.24) is 19.7 Å². The maximum atomic E-state index is 13.2. The average molecular weight is 477 g/mol. The van der Waals surface area contributed by atoms with Crippen LogP contribution in [0.5, 0.6) is 0 Å². The Morgan fingerprint density at radius 1 is 1.10 bits per heavy atom. The second-order valence-electron chi connectivity index (χ2n) is 8.01. The summed E-state index contributed by atoms with van der Waals surface area (Å²) in [5, 5.41) is 6.38. The zero-order valence-electron chi connectivity index (χ0n) is 18.0. The molecule has 164 valence electrons. The first-order valence-corrected chi connectivity index (χ1v) is 11.4. The predicted molar refractivity (Wildman–Crippen MR) is 130 cm³/mol. The predicted octanol–water partition coefficient (Wildman–Crippen LogP) is 6.44. The number of benzene rings is 1. The third-order valence-electron chi connectivity index (χ3n) is 5.33. The molecule has 1 aromatic carbocycles. The van der Waals surface area contributed by atoms with Crippen LogP contribution < -0.4 is 0 Å². The summed E-state index contributed by atoms with van der Waals surface area (Å²) in [7, 11) is 0. The molecule has 1 aliphatic carbocycles. The van der Waals surface area contributed by atoms with Gasteiger partial charge in [0.2, 0.25) is 0 Å². The molecule has 31 heavy (non-hydrogen) atoms. The molecule has 0 fully saturated rings. The molecule has 2 heterocycles. The SMILES string of the molecule is CC(C)N(C(=O)Sc1nn(-c2ccncc2)c2c1-c1ccc(Cl)cc1CC2)C(C)C.Cl. The van der Waals surface area contributed by atoms with Crippen molar-refractivity contribution in [1.29, 1.82) is 0 Å². The topological polar surface area (TPSA) is 51.0 Å². The Hall–Kier alpha value is -2.02. The molecule has 0 atom stereocenters. The van der Waals surface area contributed by atoms with Crippen molar-refractivity contribution in [2.24, 2.45) is 0 Å². The van der Waals surface area contributed by atoms with Gasteiger partial charge in [0.05, 0.1) is 11.4 Å². The van der Waals surface area contributed by atoms with Crippen LogP contribution in [0.3, 0.4) is 0 Å². The van der Waals surface area contributed by atoms with Crippen LogP contribution in [0, 0.1) is 0 Å². The van der Waals surface area contributed by atoms with Gasteiger partial charge in [0.15, 0.2) is 0 Å². The summed E-state index contributed by atoms with van der Waals surface area (Å²) in [5.74, 6) is 0. The van der Waals surface area contributed by atoms with Gasteiger partial charge >= 0.3 is 0 Å². The minimum absolute atomic E-state index is 0. The summed E-state index contributed by atoms with van der Waals surface area (Å²) in [6.45, 7) is 8.17. The Bertz CT molecular complexity index is 1070. The zero-order chi connectivity index (χ0) is 21.4. The van der Waals surface area contributed by atoms with E-state index in [1.165, 1.54) is 17.3 Å². The Kier molecular flexibility index (Phi) is 7.35. The highest BCUT2D eigenvalue weighted by molar-refractivity contribution is 8.13. The maximum Gasteiger partial charge on any atom is 0.288 e. The van der Waals surface area contributed by atoms with E-state index in [4.69, 9.17) is 16.7 Å². The number of halogens is 2. The molecule has 0 unspecified atom stereocenters. The van der Waals surface area contributed by atoms with Crippen LogP contribution in [0.2, 0.25) is 5.02 Å². The molecule has 1 aliphatic rings. The molecule has 1 amide bonds. The average Bonchev–Trinajstić information content (AvgIpc) is 3.06. The fourth-order valence-electron chi connectivity index (χ4n) is 4.12. The van der Waals surface area contributed by atoms with Crippen molar-refractivity contribution >= 4 is 41.0 Å². The largest absolute Gasteiger partial charge is 0.328 e. The van der Waals surface area contributed by atoms with E-state index >= 15 is 0 Å². The highest BCUT2D eigenvalue weighted by atomic mass is 35.5. The van der Waals surface area contributed by atoms with Gasteiger partial charge in [-0.2, -0.15) is 5.10 Å². The molecule has 2 aromatic heterocycles. The lowest BCUT2D eigenvalue weighted by Crippen LogP contribution is -2.39. The van der Waals surface area contributed by atoms with Gasteiger partial charge in [0, 0.05) is 35.1 Å². The number of hydrogen-bond donors (Lipinski definition) is 0. The van der Waals surface area contributed by atoms with E-state index in [1.54, 1.807) is 12.4 Å². The summed E-state index contributed by atoms with van der Waals surface area (Å²) in [6.07, 6.45) is 5.25. The van der Waals surface area contributed by atoms with Gasteiger partial charge in [0.1, 0.15) is 5.03 Å². The van der Waals surface area contributed by atoms with Gasteiger partial charge in [0.25, 0.3) is 5.24 Å². The number of thioether (sulfide) groups is 1. The molecule has 8 heteroatoms. The van der Waals surface area contributed by atoms with Gasteiger partial charge in [-0.25, -0.2) is 4.68 Å². The Balaban J connectivity index is 0.00000272. The first-order chi connectivity index (χ1) is 14.4. The first kappa shape index (κ1) is 23.6. The third-order valence-corrected chi connectivity index (χ3v) is 6.43. The van der Waals surface area contributed by atoms with Gasteiger partial charge < -0.3 is 4.90 Å². The Morgan fingerprint density at radius 2 is 1.77 bits per heavy atom. The van der Waals surface area contributed by atoms with E-state index < -0.39 is 0 Å². The van der Waals surface area contributed by atoms with E-state index in [1.807, 2.05) is 67.6 Å². The lowest BCUT2D eigenvalue weighted by Gasteiger charge is -2.30. The number of carbonyl (C=O) groups excluding carboxylic acids is 1. The number of amides is 1. The van der Waals surface area contributed by atoms with Gasteiger partial charge in [-0.3, -0.25) is 9.78 Å². The molecule has 0 N–H and O–H groups in total. The van der Waals surface area contributed by atoms with Crippen molar-refractivity contribution < 1.29 is 4.79 Å². The van der Waals surface area contributed by atoms with E-state index in [0.717, 1.165) is 45.4 Å². The zero-order valence-corrected chi connectivity index (χ0v) is 20.4. The molecule has 0 radical (unpaired) electrons. The Morgan fingerprint density at radius 3 is 2.42 bits per heavy atom. The quantitative estimate of drug-likeness (QED) is 0.406. The van der Waals surface area contributed by atoms with Crippen molar-refractivity contribution in [3.05, 3.63) is 59.0 Å². The molecule has 0 aliphatic heterocycles. The molecule has 0 spiro atoms. The van der Waals surface area contributed by atoms with Crippen LogP contribution in [0.4, 0.5) is 4.79 Å². The lowest BCUT2D eigenvalue weighted by atomic mass is 9.90. The second-order valence-corrected chi connectivity index (χ2v) is 9.38. The second kappa shape index (κ2) is 9.63. The summed E-state index contributed by atoms with van der Waals surface area (Å²) in [6, 6.07) is 10.1. The molecular formula is C23H26Cl2N4OS. The van der Waals surface area contributed by atoms with E-state index in [9.17, 15) is 4.79 Å². The number of pyridine rings is 1. The summed E-state index contributed by atoms with van der Waals surface area (Å²) < 4.78 is 1.96. The number of aryl methyl sites for hydroxylation is 1. The molecule has 3 aromatic rings. The number of hydrogen-bond acceptors (Lipinski definition) is 4. The van der Waals surface area contributed by atoms with Crippen molar-refractivity contribution in [3.63, 3.8) is 0 Å². The minimum Gasteiger partial charge on any atom is -0.328 e. The van der Waals surface area contributed by atoms with E-state index in [2.05, 4.69) is 4.98 Å². The maximum absolute atomic E-state index is 13.2. The fourth-order valence-corrected chi connectivity index (χ4v) is 5.46. The van der Waals surface area contributed by atoms with Crippen LogP contribution in [0.15, 0.2) is 47.8 Å². The highest BCUT2D eigenvalue weighted by Crippen LogP contribution is 2.42. The lowest BCUT2D eigenvalue weighted by molar-refractivity contribution is 0.190. The highest BCUT2D eigenvalue weighted by Gasteiger charge is 2.30. The monoisotopic (exact) mass is 476 g/mol. The van der Waals surface area contributed by atoms with Gasteiger partial charge in [-0.15, -0.1) is 12.4 Å². The fraction of sp³-hybridized carbons (Fsp3) is 0.348. The molecule has 5 nitrogen and oxygen atoms in total.